The summed E-state index contributed by atoms with van der Waals surface area (Å²) in [6.07, 6.45) is 5.18. The summed E-state index contributed by atoms with van der Waals surface area (Å²) in [7, 11) is 4.56. The van der Waals surface area contributed by atoms with E-state index in [-0.39, 0.29) is 24.3 Å². The summed E-state index contributed by atoms with van der Waals surface area (Å²) in [4.78, 5) is 33.9. The van der Waals surface area contributed by atoms with Crippen molar-refractivity contribution in [3.8, 4) is 11.5 Å². The maximum absolute atomic E-state index is 13.0. The third kappa shape index (κ3) is 5.22. The molecule has 0 fully saturated rings. The van der Waals surface area contributed by atoms with Gasteiger partial charge in [0.1, 0.15) is 24.2 Å². The van der Waals surface area contributed by atoms with Gasteiger partial charge in [-0.05, 0) is 30.7 Å². The number of aryl methyl sites for hydroxylation is 2. The first-order valence-corrected chi connectivity index (χ1v) is 11.2. The molecule has 4 aromatic rings. The highest BCUT2D eigenvalue weighted by molar-refractivity contribution is 5.74. The maximum Gasteiger partial charge on any atom is 0.332 e. The van der Waals surface area contributed by atoms with E-state index in [0.29, 0.717) is 24.0 Å². The van der Waals surface area contributed by atoms with Gasteiger partial charge in [0, 0.05) is 39.6 Å². The third-order valence-electron chi connectivity index (χ3n) is 5.68. The summed E-state index contributed by atoms with van der Waals surface area (Å²) in [5.41, 5.74) is -0.471. The van der Waals surface area contributed by atoms with Crippen LogP contribution in [0.1, 0.15) is 6.42 Å². The minimum Gasteiger partial charge on any atom is -0.497 e. The Morgan fingerprint density at radius 1 is 1.11 bits per heavy atom. The van der Waals surface area contributed by atoms with Crippen molar-refractivity contribution in [2.75, 3.05) is 25.6 Å². The van der Waals surface area contributed by atoms with E-state index in [1.807, 2.05) is 10.8 Å². The fourth-order valence-electron chi connectivity index (χ4n) is 3.77. The molecule has 12 nitrogen and oxygen atoms in total. The molecule has 0 saturated heterocycles. The number of nitrogens with zero attached hydrogens (tertiary/aromatic N) is 6. The SMILES string of the molecule is COc1ccc(OC[C@@H](O)Cn2c(NCCCn3ccnc3)nc3c2c(=O)n(C)c(=O)n3C)cc1. The van der Waals surface area contributed by atoms with Crippen LogP contribution in [0.3, 0.4) is 0 Å². The van der Waals surface area contributed by atoms with E-state index in [4.69, 9.17) is 9.47 Å². The highest BCUT2D eigenvalue weighted by Crippen LogP contribution is 2.19. The number of methoxy groups -OCH3 is 1. The largest absolute Gasteiger partial charge is 0.497 e. The summed E-state index contributed by atoms with van der Waals surface area (Å²) in [5.74, 6) is 1.68. The van der Waals surface area contributed by atoms with Gasteiger partial charge in [0.2, 0.25) is 5.95 Å². The van der Waals surface area contributed by atoms with Crippen molar-refractivity contribution in [3.05, 3.63) is 63.8 Å². The smallest absolute Gasteiger partial charge is 0.332 e. The molecule has 35 heavy (non-hydrogen) atoms. The molecular formula is C23H29N7O5. The molecule has 0 amide bonds. The van der Waals surface area contributed by atoms with Crippen LogP contribution in [0, 0.1) is 0 Å². The number of aliphatic hydroxyl groups is 1. The molecule has 0 aliphatic rings. The van der Waals surface area contributed by atoms with Gasteiger partial charge in [0.05, 0.1) is 20.0 Å². The maximum atomic E-state index is 13.0. The van der Waals surface area contributed by atoms with Gasteiger partial charge >= 0.3 is 5.69 Å². The molecule has 12 heteroatoms. The molecule has 1 aromatic carbocycles. The van der Waals surface area contributed by atoms with E-state index in [0.717, 1.165) is 17.5 Å². The summed E-state index contributed by atoms with van der Waals surface area (Å²) >= 11 is 0. The number of fused-ring (bicyclic) bond motifs is 1. The zero-order valence-electron chi connectivity index (χ0n) is 19.9. The average Bonchev–Trinajstić information content (AvgIpc) is 3.51. The topological polar surface area (TPSA) is 130 Å². The Balaban J connectivity index is 1.54. The molecule has 0 unspecified atom stereocenters. The Hall–Kier alpha value is -4.06. The molecule has 0 radical (unpaired) electrons. The van der Waals surface area contributed by atoms with Crippen molar-refractivity contribution in [1.82, 2.24) is 28.2 Å². The molecule has 0 aliphatic heterocycles. The molecule has 0 aliphatic carbocycles. The van der Waals surface area contributed by atoms with Crippen LogP contribution in [0.2, 0.25) is 0 Å². The number of imidazole rings is 2. The first-order valence-electron chi connectivity index (χ1n) is 11.2. The van der Waals surface area contributed by atoms with Crippen LogP contribution in [-0.2, 0) is 27.2 Å². The molecule has 0 spiro atoms. The Labute approximate surface area is 201 Å². The minimum atomic E-state index is -0.942. The van der Waals surface area contributed by atoms with Crippen LogP contribution in [0.4, 0.5) is 5.95 Å². The Kier molecular flexibility index (Phi) is 7.20. The standard InChI is InChI=1S/C23H29N7O5/c1-27-20-19(21(32)28(2)23(27)33)30(22(26-20)25-9-4-11-29-12-10-24-15-29)13-16(31)14-35-18-7-5-17(34-3)6-8-18/h5-8,10,12,15-16,31H,4,9,11,13-14H2,1-3H3,(H,25,26)/t16-/m0/s1. The van der Waals surface area contributed by atoms with Crippen molar-refractivity contribution in [3.63, 3.8) is 0 Å². The van der Waals surface area contributed by atoms with Gasteiger partial charge in [-0.15, -0.1) is 0 Å². The van der Waals surface area contributed by atoms with Crippen molar-refractivity contribution in [2.24, 2.45) is 14.1 Å². The van der Waals surface area contributed by atoms with E-state index in [9.17, 15) is 14.7 Å². The fraction of sp³-hybridized carbons (Fsp3) is 0.391. The van der Waals surface area contributed by atoms with Crippen LogP contribution < -0.4 is 26.0 Å². The lowest BCUT2D eigenvalue weighted by atomic mass is 10.3. The van der Waals surface area contributed by atoms with E-state index in [1.54, 1.807) is 55.5 Å². The number of benzene rings is 1. The van der Waals surface area contributed by atoms with Gasteiger partial charge in [0.25, 0.3) is 5.56 Å². The van der Waals surface area contributed by atoms with Gasteiger partial charge in [-0.2, -0.15) is 4.98 Å². The second kappa shape index (κ2) is 10.5. The highest BCUT2D eigenvalue weighted by atomic mass is 16.5. The summed E-state index contributed by atoms with van der Waals surface area (Å²) in [5, 5.41) is 14.0. The van der Waals surface area contributed by atoms with E-state index < -0.39 is 17.4 Å². The van der Waals surface area contributed by atoms with Gasteiger partial charge in [-0.3, -0.25) is 13.9 Å². The zero-order chi connectivity index (χ0) is 24.9. The van der Waals surface area contributed by atoms with E-state index >= 15 is 0 Å². The number of nitrogens with one attached hydrogen (secondary N) is 1. The number of hydrogen-bond donors (Lipinski definition) is 2. The van der Waals surface area contributed by atoms with Crippen molar-refractivity contribution >= 4 is 17.1 Å². The predicted octanol–water partition coefficient (Wildman–Crippen LogP) is 0.581. The van der Waals surface area contributed by atoms with Crippen molar-refractivity contribution in [2.45, 2.75) is 25.6 Å². The number of hydrogen-bond acceptors (Lipinski definition) is 8. The van der Waals surface area contributed by atoms with Gasteiger partial charge in [0.15, 0.2) is 11.2 Å². The number of ether oxygens (including phenoxy) is 2. The molecule has 186 valence electrons. The van der Waals surface area contributed by atoms with Gasteiger partial charge in [-0.1, -0.05) is 0 Å². The lowest BCUT2D eigenvalue weighted by Crippen LogP contribution is -2.38. The Morgan fingerprint density at radius 2 is 1.86 bits per heavy atom. The molecule has 0 bridgehead atoms. The van der Waals surface area contributed by atoms with Crippen molar-refractivity contribution in [1.29, 1.82) is 0 Å². The number of aromatic nitrogens is 6. The number of anilines is 1. The van der Waals surface area contributed by atoms with E-state index in [1.165, 1.54) is 11.6 Å². The van der Waals surface area contributed by atoms with Crippen LogP contribution in [0.25, 0.3) is 11.2 Å². The monoisotopic (exact) mass is 483 g/mol. The molecule has 4 rings (SSSR count). The number of rotatable bonds is 11. The average molecular weight is 484 g/mol. The third-order valence-corrected chi connectivity index (χ3v) is 5.68. The summed E-state index contributed by atoms with van der Waals surface area (Å²) < 4.78 is 16.8. The van der Waals surface area contributed by atoms with Crippen molar-refractivity contribution < 1.29 is 14.6 Å². The Bertz CT molecular complexity index is 1390. The quantitative estimate of drug-likeness (QED) is 0.296. The molecular weight excluding hydrogens is 454 g/mol. The predicted molar refractivity (Wildman–Crippen MR) is 130 cm³/mol. The first-order chi connectivity index (χ1) is 16.9. The lowest BCUT2D eigenvalue weighted by Gasteiger charge is -2.16. The molecule has 3 aromatic heterocycles. The Morgan fingerprint density at radius 3 is 2.54 bits per heavy atom. The first kappa shape index (κ1) is 24.1. The number of aliphatic hydroxyl groups excluding tert-OH is 1. The summed E-state index contributed by atoms with van der Waals surface area (Å²) in [6.45, 7) is 1.36. The minimum absolute atomic E-state index is 0.00183. The highest BCUT2D eigenvalue weighted by Gasteiger charge is 2.21. The normalized spacial score (nSPS) is 12.1. The lowest BCUT2D eigenvalue weighted by molar-refractivity contribution is 0.0938. The van der Waals surface area contributed by atoms with Gasteiger partial charge in [-0.25, -0.2) is 9.78 Å². The fourth-order valence-corrected chi connectivity index (χ4v) is 3.77. The second-order valence-corrected chi connectivity index (χ2v) is 8.15. The van der Waals surface area contributed by atoms with Crippen LogP contribution >= 0.6 is 0 Å². The molecule has 1 atom stereocenters. The second-order valence-electron chi connectivity index (χ2n) is 8.15. The summed E-state index contributed by atoms with van der Waals surface area (Å²) in [6, 6.07) is 7.02. The molecule has 0 saturated carbocycles. The molecule has 2 N–H and O–H groups in total. The molecule has 3 heterocycles. The van der Waals surface area contributed by atoms with E-state index in [2.05, 4.69) is 15.3 Å². The van der Waals surface area contributed by atoms with Crippen LogP contribution in [0.5, 0.6) is 11.5 Å². The van der Waals surface area contributed by atoms with Gasteiger partial charge < -0.3 is 29.0 Å². The van der Waals surface area contributed by atoms with Crippen LogP contribution in [0.15, 0.2) is 52.6 Å². The van der Waals surface area contributed by atoms with Crippen LogP contribution in [-0.4, -0.2) is 59.7 Å². The zero-order valence-corrected chi connectivity index (χ0v) is 19.9.